The smallest absolute Gasteiger partial charge is 0.338 e. The second-order valence-electron chi connectivity index (χ2n) is 7.10. The number of amides is 1. The number of esters is 1. The molecule has 7 nitrogen and oxygen atoms in total. The fraction of sp³-hybridized carbons (Fsp3) is 0.167. The van der Waals surface area contributed by atoms with Crippen molar-refractivity contribution in [2.24, 2.45) is 0 Å². The minimum absolute atomic E-state index is 0.286. The number of rotatable bonds is 5. The molecule has 4 aromatic rings. The fourth-order valence-electron chi connectivity index (χ4n) is 3.48. The molecule has 0 aliphatic rings. The number of pyridine rings is 1. The maximum Gasteiger partial charge on any atom is 0.338 e. The average molecular weight is 414 g/mol. The van der Waals surface area contributed by atoms with Crippen molar-refractivity contribution in [2.45, 2.75) is 20.8 Å². The zero-order valence-electron chi connectivity index (χ0n) is 17.5. The van der Waals surface area contributed by atoms with Gasteiger partial charge in [-0.05, 0) is 57.2 Å². The van der Waals surface area contributed by atoms with Gasteiger partial charge in [-0.3, -0.25) is 4.79 Å². The van der Waals surface area contributed by atoms with Crippen LogP contribution in [0, 0.1) is 13.8 Å². The van der Waals surface area contributed by atoms with Crippen molar-refractivity contribution >= 4 is 28.6 Å². The van der Waals surface area contributed by atoms with Crippen molar-refractivity contribution in [3.8, 4) is 5.69 Å². The maximum atomic E-state index is 13.2. The van der Waals surface area contributed by atoms with E-state index in [1.165, 1.54) is 0 Å². The zero-order chi connectivity index (χ0) is 22.0. The van der Waals surface area contributed by atoms with Gasteiger partial charge in [0, 0.05) is 11.4 Å². The molecule has 0 aliphatic heterocycles. The summed E-state index contributed by atoms with van der Waals surface area (Å²) in [5.41, 5.74) is 4.26. The Morgan fingerprint density at radius 2 is 1.81 bits per heavy atom. The standard InChI is InChI=1S/C24H22N4O3/c1-4-31-24(30)17-9-8-10-18(14-17)26-23(29)20-13-15(2)25-22-21(20)16(3)27-28(22)19-11-6-5-7-12-19/h5-14H,4H2,1-3H3,(H,26,29). The molecule has 2 heterocycles. The maximum absolute atomic E-state index is 13.2. The lowest BCUT2D eigenvalue weighted by Crippen LogP contribution is -2.14. The van der Waals surface area contributed by atoms with Gasteiger partial charge in [0.1, 0.15) is 0 Å². The first-order chi connectivity index (χ1) is 15.0. The average Bonchev–Trinajstić information content (AvgIpc) is 3.10. The minimum atomic E-state index is -0.430. The van der Waals surface area contributed by atoms with Crippen molar-refractivity contribution in [3.63, 3.8) is 0 Å². The molecular weight excluding hydrogens is 392 g/mol. The highest BCUT2D eigenvalue weighted by Crippen LogP contribution is 2.26. The molecule has 31 heavy (non-hydrogen) atoms. The number of benzene rings is 2. The van der Waals surface area contributed by atoms with Crippen LogP contribution in [0.3, 0.4) is 0 Å². The van der Waals surface area contributed by atoms with Crippen molar-refractivity contribution < 1.29 is 14.3 Å². The number of aromatic nitrogens is 3. The predicted octanol–water partition coefficient (Wildman–Crippen LogP) is 4.47. The highest BCUT2D eigenvalue weighted by atomic mass is 16.5. The monoisotopic (exact) mass is 414 g/mol. The van der Waals surface area contributed by atoms with Gasteiger partial charge in [-0.25, -0.2) is 14.5 Å². The van der Waals surface area contributed by atoms with Crippen molar-refractivity contribution in [1.82, 2.24) is 14.8 Å². The molecule has 0 saturated heterocycles. The van der Waals surface area contributed by atoms with Crippen LogP contribution < -0.4 is 5.32 Å². The number of hydrogen-bond donors (Lipinski definition) is 1. The van der Waals surface area contributed by atoms with E-state index in [0.29, 0.717) is 39.2 Å². The Morgan fingerprint density at radius 1 is 1.03 bits per heavy atom. The van der Waals surface area contributed by atoms with Crippen LogP contribution in [0.1, 0.15) is 39.0 Å². The van der Waals surface area contributed by atoms with Gasteiger partial charge in [0.05, 0.1) is 34.5 Å². The van der Waals surface area contributed by atoms with E-state index >= 15 is 0 Å². The fourth-order valence-corrected chi connectivity index (χ4v) is 3.48. The first kappa shape index (κ1) is 20.3. The van der Waals surface area contributed by atoms with Crippen LogP contribution in [0.25, 0.3) is 16.7 Å². The molecule has 7 heteroatoms. The number of anilines is 1. The predicted molar refractivity (Wildman–Crippen MR) is 119 cm³/mol. The van der Waals surface area contributed by atoms with E-state index in [1.807, 2.05) is 44.2 Å². The van der Waals surface area contributed by atoms with Crippen LogP contribution in [0.2, 0.25) is 0 Å². The molecule has 156 valence electrons. The van der Waals surface area contributed by atoms with Crippen LogP contribution in [0.5, 0.6) is 0 Å². The molecule has 2 aromatic carbocycles. The lowest BCUT2D eigenvalue weighted by Gasteiger charge is -2.09. The Balaban J connectivity index is 1.73. The largest absolute Gasteiger partial charge is 0.462 e. The van der Waals surface area contributed by atoms with E-state index < -0.39 is 5.97 Å². The van der Waals surface area contributed by atoms with E-state index in [9.17, 15) is 9.59 Å². The summed E-state index contributed by atoms with van der Waals surface area (Å²) in [5.74, 6) is -0.729. The zero-order valence-corrected chi connectivity index (χ0v) is 17.5. The Hall–Kier alpha value is -4.00. The lowest BCUT2D eigenvalue weighted by atomic mass is 10.1. The number of carbonyl (C=O) groups is 2. The molecule has 0 aliphatic carbocycles. The number of carbonyl (C=O) groups excluding carboxylic acids is 2. The minimum Gasteiger partial charge on any atom is -0.462 e. The Morgan fingerprint density at radius 3 is 2.55 bits per heavy atom. The van der Waals surface area contributed by atoms with E-state index in [-0.39, 0.29) is 12.5 Å². The molecule has 4 rings (SSSR count). The Kier molecular flexibility index (Phi) is 5.49. The van der Waals surface area contributed by atoms with Gasteiger partial charge in [0.15, 0.2) is 5.65 Å². The molecule has 0 unspecified atom stereocenters. The number of para-hydroxylation sites is 1. The third kappa shape index (κ3) is 4.02. The molecule has 1 N–H and O–H groups in total. The molecule has 0 fully saturated rings. The Bertz CT molecular complexity index is 1280. The molecule has 2 aromatic heterocycles. The quantitative estimate of drug-likeness (QED) is 0.487. The number of nitrogens with one attached hydrogen (secondary N) is 1. The highest BCUT2D eigenvalue weighted by Gasteiger charge is 2.20. The summed E-state index contributed by atoms with van der Waals surface area (Å²) in [6.07, 6.45) is 0. The van der Waals surface area contributed by atoms with E-state index in [0.717, 1.165) is 5.69 Å². The molecule has 1 amide bonds. The van der Waals surface area contributed by atoms with Crippen molar-refractivity contribution in [2.75, 3.05) is 11.9 Å². The number of fused-ring (bicyclic) bond motifs is 1. The third-order valence-corrected chi connectivity index (χ3v) is 4.82. The normalized spacial score (nSPS) is 10.8. The van der Waals surface area contributed by atoms with Gasteiger partial charge in [-0.2, -0.15) is 5.10 Å². The van der Waals surface area contributed by atoms with Crippen LogP contribution >= 0.6 is 0 Å². The molecule has 0 radical (unpaired) electrons. The number of ether oxygens (including phenoxy) is 1. The van der Waals surface area contributed by atoms with E-state index in [4.69, 9.17) is 4.74 Å². The molecule has 0 spiro atoms. The van der Waals surface area contributed by atoms with Gasteiger partial charge >= 0.3 is 5.97 Å². The summed E-state index contributed by atoms with van der Waals surface area (Å²) >= 11 is 0. The van der Waals surface area contributed by atoms with Gasteiger partial charge in [0.25, 0.3) is 5.91 Å². The first-order valence-electron chi connectivity index (χ1n) is 9.99. The Labute approximate surface area is 179 Å². The SMILES string of the molecule is CCOC(=O)c1cccc(NC(=O)c2cc(C)nc3c2c(C)nn3-c2ccccc2)c1. The number of nitrogens with zero attached hydrogens (tertiary/aromatic N) is 3. The molecule has 0 saturated carbocycles. The molecule has 0 atom stereocenters. The van der Waals surface area contributed by atoms with Crippen LogP contribution in [0.4, 0.5) is 5.69 Å². The molecule has 0 bridgehead atoms. The van der Waals surface area contributed by atoms with Gasteiger partial charge in [-0.15, -0.1) is 0 Å². The topological polar surface area (TPSA) is 86.1 Å². The van der Waals surface area contributed by atoms with Crippen LogP contribution in [-0.2, 0) is 4.74 Å². The van der Waals surface area contributed by atoms with E-state index in [1.54, 1.807) is 41.9 Å². The van der Waals surface area contributed by atoms with Gasteiger partial charge in [-0.1, -0.05) is 24.3 Å². The second-order valence-corrected chi connectivity index (χ2v) is 7.10. The number of hydrogen-bond acceptors (Lipinski definition) is 5. The summed E-state index contributed by atoms with van der Waals surface area (Å²) in [5, 5.41) is 8.19. The van der Waals surface area contributed by atoms with Gasteiger partial charge in [0.2, 0.25) is 0 Å². The lowest BCUT2D eigenvalue weighted by molar-refractivity contribution is 0.0526. The summed E-state index contributed by atoms with van der Waals surface area (Å²) in [6.45, 7) is 5.74. The van der Waals surface area contributed by atoms with Crippen LogP contribution in [-0.4, -0.2) is 33.2 Å². The number of aryl methyl sites for hydroxylation is 2. The summed E-state index contributed by atoms with van der Waals surface area (Å²) in [6, 6.07) is 18.1. The van der Waals surface area contributed by atoms with E-state index in [2.05, 4.69) is 15.4 Å². The van der Waals surface area contributed by atoms with Gasteiger partial charge < -0.3 is 10.1 Å². The third-order valence-electron chi connectivity index (χ3n) is 4.82. The second kappa shape index (κ2) is 8.39. The van der Waals surface area contributed by atoms with Crippen molar-refractivity contribution in [1.29, 1.82) is 0 Å². The van der Waals surface area contributed by atoms with Crippen LogP contribution in [0.15, 0.2) is 60.7 Å². The molecular formula is C24H22N4O3. The summed E-state index contributed by atoms with van der Waals surface area (Å²) in [7, 11) is 0. The highest BCUT2D eigenvalue weighted by molar-refractivity contribution is 6.13. The van der Waals surface area contributed by atoms with Crippen molar-refractivity contribution in [3.05, 3.63) is 83.2 Å². The summed E-state index contributed by atoms with van der Waals surface area (Å²) in [4.78, 5) is 29.8. The first-order valence-corrected chi connectivity index (χ1v) is 9.99. The summed E-state index contributed by atoms with van der Waals surface area (Å²) < 4.78 is 6.78.